The number of carbonyl (C=O) groups is 2. The second-order valence-corrected chi connectivity index (χ2v) is 8.53. The number of aromatic nitrogens is 1. The van der Waals surface area contributed by atoms with Gasteiger partial charge in [-0.3, -0.25) is 9.59 Å². The van der Waals surface area contributed by atoms with E-state index in [1.165, 1.54) is 11.3 Å². The molecule has 2 aliphatic heterocycles. The molecule has 0 saturated carbocycles. The molecule has 0 aromatic carbocycles. The largest absolute Gasteiger partial charge is 0.375 e. The molecule has 7 nitrogen and oxygen atoms in total. The van der Waals surface area contributed by atoms with Crippen molar-refractivity contribution in [3.05, 3.63) is 15.6 Å². The van der Waals surface area contributed by atoms with Crippen LogP contribution in [0.15, 0.2) is 0 Å². The molecule has 3 atom stereocenters. The Kier molecular flexibility index (Phi) is 6.83. The fraction of sp³-hybridized carbons (Fsp3) is 0.737. The van der Waals surface area contributed by atoms with Crippen LogP contribution in [-0.2, 0) is 9.53 Å². The Morgan fingerprint density at radius 3 is 2.93 bits per heavy atom. The minimum atomic E-state index is -0.108. The fourth-order valence-electron chi connectivity index (χ4n) is 3.73. The lowest BCUT2D eigenvalue weighted by molar-refractivity contribution is -0.123. The maximum absolute atomic E-state index is 13.0. The fourth-order valence-corrected chi connectivity index (χ4v) is 4.79. The van der Waals surface area contributed by atoms with Gasteiger partial charge in [0.25, 0.3) is 5.91 Å². The predicted molar refractivity (Wildman–Crippen MR) is 105 cm³/mol. The van der Waals surface area contributed by atoms with Gasteiger partial charge in [0.15, 0.2) is 0 Å². The molecular formula is C19H30N4O3S. The van der Waals surface area contributed by atoms with Crippen LogP contribution < -0.4 is 10.6 Å². The van der Waals surface area contributed by atoms with E-state index in [0.717, 1.165) is 49.5 Å². The van der Waals surface area contributed by atoms with Gasteiger partial charge >= 0.3 is 0 Å². The summed E-state index contributed by atoms with van der Waals surface area (Å²) >= 11 is 1.42. The van der Waals surface area contributed by atoms with E-state index in [-0.39, 0.29) is 24.0 Å². The first-order valence-electron chi connectivity index (χ1n) is 9.80. The highest BCUT2D eigenvalue weighted by molar-refractivity contribution is 7.13. The van der Waals surface area contributed by atoms with Crippen LogP contribution in [0.25, 0.3) is 0 Å². The number of amides is 2. The highest BCUT2D eigenvalue weighted by Gasteiger charge is 2.29. The van der Waals surface area contributed by atoms with Crippen molar-refractivity contribution in [2.45, 2.75) is 51.7 Å². The molecule has 0 spiro atoms. The van der Waals surface area contributed by atoms with Crippen LogP contribution in [0.3, 0.4) is 0 Å². The van der Waals surface area contributed by atoms with E-state index >= 15 is 0 Å². The minimum Gasteiger partial charge on any atom is -0.375 e. The molecule has 2 fully saturated rings. The molecule has 3 rings (SSSR count). The minimum absolute atomic E-state index is 0.0487. The number of piperidine rings is 1. The van der Waals surface area contributed by atoms with Gasteiger partial charge in [0, 0.05) is 26.7 Å². The first-order valence-corrected chi connectivity index (χ1v) is 10.6. The maximum Gasteiger partial charge on any atom is 0.265 e. The summed E-state index contributed by atoms with van der Waals surface area (Å²) in [6, 6.07) is -0.0487. The SMILES string of the molecule is COC(C)c1nc(C)c(C(=O)N2CCCC(CNC(=O)C3CCCN3)C2)s1. The van der Waals surface area contributed by atoms with E-state index in [0.29, 0.717) is 23.9 Å². The lowest BCUT2D eigenvalue weighted by atomic mass is 9.97. The van der Waals surface area contributed by atoms with E-state index in [2.05, 4.69) is 15.6 Å². The average Bonchev–Trinajstić information content (AvgIpc) is 3.35. The summed E-state index contributed by atoms with van der Waals surface area (Å²) in [6.07, 6.45) is 3.86. The zero-order valence-corrected chi connectivity index (χ0v) is 17.2. The summed E-state index contributed by atoms with van der Waals surface area (Å²) in [5.74, 6) is 0.444. The molecule has 27 heavy (non-hydrogen) atoms. The van der Waals surface area contributed by atoms with Gasteiger partial charge in [-0.1, -0.05) is 0 Å². The van der Waals surface area contributed by atoms with E-state index in [1.807, 2.05) is 18.7 Å². The Morgan fingerprint density at radius 1 is 1.41 bits per heavy atom. The molecule has 2 saturated heterocycles. The van der Waals surface area contributed by atoms with E-state index < -0.39 is 0 Å². The van der Waals surface area contributed by atoms with Crippen molar-refractivity contribution in [2.24, 2.45) is 5.92 Å². The number of hydrogen-bond acceptors (Lipinski definition) is 6. The van der Waals surface area contributed by atoms with Crippen molar-refractivity contribution in [1.82, 2.24) is 20.5 Å². The van der Waals surface area contributed by atoms with Crippen LogP contribution in [0.5, 0.6) is 0 Å². The first kappa shape index (κ1) is 20.2. The number of hydrogen-bond donors (Lipinski definition) is 2. The number of likely N-dealkylation sites (tertiary alicyclic amines) is 1. The zero-order valence-electron chi connectivity index (χ0n) is 16.4. The molecule has 2 amide bonds. The monoisotopic (exact) mass is 394 g/mol. The molecule has 0 radical (unpaired) electrons. The van der Waals surface area contributed by atoms with Gasteiger partial charge in [0.05, 0.1) is 11.7 Å². The Bertz CT molecular complexity index is 672. The summed E-state index contributed by atoms with van der Waals surface area (Å²) < 4.78 is 5.32. The van der Waals surface area contributed by atoms with Gasteiger partial charge in [0.1, 0.15) is 16.0 Å². The number of ether oxygens (including phenoxy) is 1. The molecule has 0 bridgehead atoms. The summed E-state index contributed by atoms with van der Waals surface area (Å²) in [5.41, 5.74) is 0.770. The summed E-state index contributed by atoms with van der Waals surface area (Å²) in [4.78, 5) is 32.3. The van der Waals surface area contributed by atoms with Gasteiger partial charge in [-0.2, -0.15) is 0 Å². The van der Waals surface area contributed by atoms with Crippen molar-refractivity contribution in [2.75, 3.05) is 33.3 Å². The normalized spacial score (nSPS) is 24.0. The molecule has 0 aliphatic carbocycles. The first-order chi connectivity index (χ1) is 13.0. The lowest BCUT2D eigenvalue weighted by Crippen LogP contribution is -2.46. The van der Waals surface area contributed by atoms with Crippen LogP contribution >= 0.6 is 11.3 Å². The van der Waals surface area contributed by atoms with Crippen molar-refractivity contribution >= 4 is 23.2 Å². The third-order valence-electron chi connectivity index (χ3n) is 5.46. The summed E-state index contributed by atoms with van der Waals surface area (Å²) in [6.45, 7) is 6.82. The van der Waals surface area contributed by atoms with Crippen molar-refractivity contribution < 1.29 is 14.3 Å². The second-order valence-electron chi connectivity index (χ2n) is 7.50. The maximum atomic E-state index is 13.0. The standard InChI is InChI=1S/C19H30N4O3S/c1-12-16(27-18(22-12)13(2)26-3)19(25)23-9-5-6-14(11-23)10-21-17(24)15-7-4-8-20-15/h13-15,20H,4-11H2,1-3H3,(H,21,24). The van der Waals surface area contributed by atoms with Crippen LogP contribution in [-0.4, -0.2) is 61.0 Å². The predicted octanol–water partition coefficient (Wildman–Crippen LogP) is 1.88. The molecule has 3 heterocycles. The Hall–Kier alpha value is -1.51. The van der Waals surface area contributed by atoms with E-state index in [1.54, 1.807) is 7.11 Å². The number of thiazole rings is 1. The third-order valence-corrected chi connectivity index (χ3v) is 6.76. The molecule has 150 valence electrons. The van der Waals surface area contributed by atoms with Crippen molar-refractivity contribution in [1.29, 1.82) is 0 Å². The number of carbonyl (C=O) groups excluding carboxylic acids is 2. The van der Waals surface area contributed by atoms with Gasteiger partial charge in [0.2, 0.25) is 5.91 Å². The molecule has 3 unspecified atom stereocenters. The van der Waals surface area contributed by atoms with Gasteiger partial charge in [-0.15, -0.1) is 11.3 Å². The number of nitrogens with zero attached hydrogens (tertiary/aromatic N) is 2. The van der Waals surface area contributed by atoms with Gasteiger partial charge in [-0.25, -0.2) is 4.98 Å². The van der Waals surface area contributed by atoms with Crippen LogP contribution in [0, 0.1) is 12.8 Å². The summed E-state index contributed by atoms with van der Waals surface area (Å²) in [5, 5.41) is 7.12. The number of rotatable bonds is 6. The Balaban J connectivity index is 1.56. The topological polar surface area (TPSA) is 83.6 Å². The molecule has 2 N–H and O–H groups in total. The highest BCUT2D eigenvalue weighted by atomic mass is 32.1. The van der Waals surface area contributed by atoms with Gasteiger partial charge in [-0.05, 0) is 52.0 Å². The average molecular weight is 395 g/mol. The van der Waals surface area contributed by atoms with Crippen LogP contribution in [0.1, 0.15) is 59.1 Å². The zero-order chi connectivity index (χ0) is 19.4. The van der Waals surface area contributed by atoms with E-state index in [4.69, 9.17) is 4.74 Å². The van der Waals surface area contributed by atoms with Crippen LogP contribution in [0.2, 0.25) is 0 Å². The van der Waals surface area contributed by atoms with E-state index in [9.17, 15) is 9.59 Å². The third kappa shape index (κ3) is 4.86. The van der Waals surface area contributed by atoms with Gasteiger partial charge < -0.3 is 20.3 Å². The van der Waals surface area contributed by atoms with Crippen molar-refractivity contribution in [3.8, 4) is 0 Å². The summed E-state index contributed by atoms with van der Waals surface area (Å²) in [7, 11) is 1.65. The number of methoxy groups -OCH3 is 1. The number of aryl methyl sites for hydroxylation is 1. The Morgan fingerprint density at radius 2 is 2.22 bits per heavy atom. The molecular weight excluding hydrogens is 364 g/mol. The highest BCUT2D eigenvalue weighted by Crippen LogP contribution is 2.28. The smallest absolute Gasteiger partial charge is 0.265 e. The van der Waals surface area contributed by atoms with Crippen LogP contribution in [0.4, 0.5) is 0 Å². The quantitative estimate of drug-likeness (QED) is 0.770. The lowest BCUT2D eigenvalue weighted by Gasteiger charge is -2.33. The molecule has 2 aliphatic rings. The second kappa shape index (κ2) is 9.12. The molecule has 1 aromatic rings. The number of nitrogens with one attached hydrogen (secondary N) is 2. The Labute approximate surface area is 164 Å². The molecule has 8 heteroatoms. The van der Waals surface area contributed by atoms with Crippen molar-refractivity contribution in [3.63, 3.8) is 0 Å². The molecule has 1 aromatic heterocycles.